The highest BCUT2D eigenvalue weighted by Crippen LogP contribution is 2.28. The van der Waals surface area contributed by atoms with Crippen LogP contribution in [0.25, 0.3) is 10.9 Å². The third kappa shape index (κ3) is 2.80. The summed E-state index contributed by atoms with van der Waals surface area (Å²) < 4.78 is 5.72. The summed E-state index contributed by atoms with van der Waals surface area (Å²) >= 11 is 0. The van der Waals surface area contributed by atoms with E-state index in [0.29, 0.717) is 17.8 Å². The number of aromatic nitrogens is 2. The van der Waals surface area contributed by atoms with E-state index in [1.54, 1.807) is 0 Å². The number of nitrogens with zero attached hydrogens (tertiary/aromatic N) is 2. The second kappa shape index (κ2) is 6.53. The molecule has 1 aromatic heterocycles. The van der Waals surface area contributed by atoms with Gasteiger partial charge in [-0.1, -0.05) is 25.1 Å². The van der Waals surface area contributed by atoms with E-state index in [0.717, 1.165) is 49.9 Å². The highest BCUT2D eigenvalue weighted by atomic mass is 16.5. The standard InChI is InChI=1S/C18H24N4O2/c1-2-7-22-13-8-12(9-14(22)11-24-10-13)19-18(23)17-15-5-3-4-6-16(15)20-21-17/h3-6,12-14H,2,7-11H2,1H3,(H,19,23)(H,20,21). The van der Waals surface area contributed by atoms with E-state index >= 15 is 0 Å². The van der Waals surface area contributed by atoms with Gasteiger partial charge in [-0.3, -0.25) is 14.8 Å². The van der Waals surface area contributed by atoms with Crippen LogP contribution in [0.4, 0.5) is 0 Å². The van der Waals surface area contributed by atoms with Crippen molar-refractivity contribution in [1.82, 2.24) is 20.4 Å². The van der Waals surface area contributed by atoms with Gasteiger partial charge in [0.1, 0.15) is 0 Å². The van der Waals surface area contributed by atoms with E-state index in [1.807, 2.05) is 24.3 Å². The summed E-state index contributed by atoms with van der Waals surface area (Å²) in [6.07, 6.45) is 3.05. The Labute approximate surface area is 141 Å². The van der Waals surface area contributed by atoms with Crippen LogP contribution in [0.3, 0.4) is 0 Å². The molecule has 1 aromatic carbocycles. The van der Waals surface area contributed by atoms with Crippen LogP contribution >= 0.6 is 0 Å². The van der Waals surface area contributed by atoms with E-state index in [4.69, 9.17) is 4.74 Å². The number of aromatic amines is 1. The van der Waals surface area contributed by atoms with Crippen molar-refractivity contribution in [3.8, 4) is 0 Å². The number of morpholine rings is 1. The maximum absolute atomic E-state index is 12.7. The number of piperidine rings is 1. The van der Waals surface area contributed by atoms with E-state index in [1.165, 1.54) is 0 Å². The summed E-state index contributed by atoms with van der Waals surface area (Å²) in [6, 6.07) is 8.76. The van der Waals surface area contributed by atoms with E-state index < -0.39 is 0 Å². The molecule has 2 aliphatic heterocycles. The molecule has 24 heavy (non-hydrogen) atoms. The molecule has 0 aliphatic carbocycles. The topological polar surface area (TPSA) is 70.2 Å². The van der Waals surface area contributed by atoms with Gasteiger partial charge in [-0.05, 0) is 31.9 Å². The summed E-state index contributed by atoms with van der Waals surface area (Å²) in [4.78, 5) is 15.2. The first kappa shape index (κ1) is 15.6. The number of ether oxygens (including phenoxy) is 1. The molecule has 0 spiro atoms. The lowest BCUT2D eigenvalue weighted by atomic mass is 9.89. The first-order valence-corrected chi connectivity index (χ1v) is 8.83. The minimum absolute atomic E-state index is 0.0830. The minimum Gasteiger partial charge on any atom is -0.378 e. The van der Waals surface area contributed by atoms with Crippen LogP contribution in [-0.2, 0) is 4.74 Å². The van der Waals surface area contributed by atoms with Crippen LogP contribution in [-0.4, -0.2) is 58.9 Å². The second-order valence-electron chi connectivity index (χ2n) is 6.84. The number of para-hydroxylation sites is 1. The van der Waals surface area contributed by atoms with Gasteiger partial charge in [0.05, 0.1) is 18.7 Å². The molecule has 2 bridgehead atoms. The van der Waals surface area contributed by atoms with E-state index in [2.05, 4.69) is 27.3 Å². The quantitative estimate of drug-likeness (QED) is 0.900. The van der Waals surface area contributed by atoms with Gasteiger partial charge < -0.3 is 10.1 Å². The second-order valence-corrected chi connectivity index (χ2v) is 6.84. The van der Waals surface area contributed by atoms with Crippen molar-refractivity contribution in [2.75, 3.05) is 19.8 Å². The molecule has 3 heterocycles. The predicted molar refractivity (Wildman–Crippen MR) is 92.0 cm³/mol. The summed E-state index contributed by atoms with van der Waals surface area (Å²) in [5.74, 6) is -0.0830. The van der Waals surface area contributed by atoms with Crippen molar-refractivity contribution < 1.29 is 9.53 Å². The zero-order valence-corrected chi connectivity index (χ0v) is 14.0. The Hall–Kier alpha value is -1.92. The van der Waals surface area contributed by atoms with Crippen molar-refractivity contribution in [2.45, 2.75) is 44.3 Å². The lowest BCUT2D eigenvalue weighted by Gasteiger charge is -2.48. The Morgan fingerprint density at radius 2 is 2.08 bits per heavy atom. The number of carbonyl (C=O) groups excluding carboxylic acids is 1. The monoisotopic (exact) mass is 328 g/mol. The Balaban J connectivity index is 1.47. The fourth-order valence-electron chi connectivity index (χ4n) is 4.12. The molecular formula is C18H24N4O2. The Morgan fingerprint density at radius 3 is 2.83 bits per heavy atom. The van der Waals surface area contributed by atoms with Crippen LogP contribution in [0.15, 0.2) is 24.3 Å². The number of hydrogen-bond donors (Lipinski definition) is 2. The number of rotatable bonds is 4. The van der Waals surface area contributed by atoms with Gasteiger partial charge in [-0.15, -0.1) is 0 Å². The number of benzene rings is 1. The van der Waals surface area contributed by atoms with Gasteiger partial charge in [-0.2, -0.15) is 5.10 Å². The van der Waals surface area contributed by atoms with Crippen LogP contribution < -0.4 is 5.32 Å². The van der Waals surface area contributed by atoms with Gasteiger partial charge in [0.15, 0.2) is 5.69 Å². The van der Waals surface area contributed by atoms with Crippen LogP contribution in [0.2, 0.25) is 0 Å². The fourth-order valence-corrected chi connectivity index (χ4v) is 4.12. The molecule has 6 heteroatoms. The first-order chi connectivity index (χ1) is 11.8. The summed E-state index contributed by atoms with van der Waals surface area (Å²) in [5.41, 5.74) is 1.38. The number of nitrogens with one attached hydrogen (secondary N) is 2. The molecule has 2 atom stereocenters. The van der Waals surface area contributed by atoms with Gasteiger partial charge in [0, 0.05) is 23.5 Å². The summed E-state index contributed by atoms with van der Waals surface area (Å²) in [7, 11) is 0. The van der Waals surface area contributed by atoms with Crippen molar-refractivity contribution >= 4 is 16.8 Å². The van der Waals surface area contributed by atoms with Gasteiger partial charge in [-0.25, -0.2) is 0 Å². The normalized spacial score (nSPS) is 27.3. The van der Waals surface area contributed by atoms with Crippen molar-refractivity contribution in [2.24, 2.45) is 0 Å². The van der Waals surface area contributed by atoms with Crippen LogP contribution in [0.1, 0.15) is 36.7 Å². The molecule has 2 unspecified atom stereocenters. The molecule has 6 nitrogen and oxygen atoms in total. The van der Waals surface area contributed by atoms with Gasteiger partial charge in [0.25, 0.3) is 5.91 Å². The molecule has 2 N–H and O–H groups in total. The van der Waals surface area contributed by atoms with Gasteiger partial charge in [0.2, 0.25) is 0 Å². The van der Waals surface area contributed by atoms with Crippen molar-refractivity contribution in [1.29, 1.82) is 0 Å². The zero-order valence-electron chi connectivity index (χ0n) is 14.0. The highest BCUT2D eigenvalue weighted by Gasteiger charge is 2.39. The Kier molecular flexibility index (Phi) is 4.24. The van der Waals surface area contributed by atoms with E-state index in [9.17, 15) is 4.79 Å². The lowest BCUT2D eigenvalue weighted by Crippen LogP contribution is -2.60. The molecule has 2 saturated heterocycles. The van der Waals surface area contributed by atoms with Gasteiger partial charge >= 0.3 is 0 Å². The molecule has 0 radical (unpaired) electrons. The smallest absolute Gasteiger partial charge is 0.272 e. The highest BCUT2D eigenvalue weighted by molar-refractivity contribution is 6.04. The molecule has 1 amide bonds. The number of H-pyrrole nitrogens is 1. The molecule has 0 saturated carbocycles. The van der Waals surface area contributed by atoms with Crippen LogP contribution in [0.5, 0.6) is 0 Å². The summed E-state index contributed by atoms with van der Waals surface area (Å²) in [6.45, 7) is 4.87. The van der Waals surface area contributed by atoms with E-state index in [-0.39, 0.29) is 11.9 Å². The van der Waals surface area contributed by atoms with Crippen LogP contribution in [0, 0.1) is 0 Å². The first-order valence-electron chi connectivity index (χ1n) is 8.83. The van der Waals surface area contributed by atoms with Crippen molar-refractivity contribution in [3.05, 3.63) is 30.0 Å². The SMILES string of the molecule is CCCN1C2COCC1CC(NC(=O)c1n[nH]c3ccccc13)C2. The number of carbonyl (C=O) groups is 1. The fraction of sp³-hybridized carbons (Fsp3) is 0.556. The third-order valence-corrected chi connectivity index (χ3v) is 5.17. The molecular weight excluding hydrogens is 304 g/mol. The average molecular weight is 328 g/mol. The maximum Gasteiger partial charge on any atom is 0.272 e. The minimum atomic E-state index is -0.0830. The molecule has 2 aromatic rings. The summed E-state index contributed by atoms with van der Waals surface area (Å²) in [5, 5.41) is 11.2. The molecule has 2 fully saturated rings. The number of amides is 1. The molecule has 2 aliphatic rings. The predicted octanol–water partition coefficient (Wildman–Crippen LogP) is 1.93. The zero-order chi connectivity index (χ0) is 16.5. The largest absolute Gasteiger partial charge is 0.378 e. The number of fused-ring (bicyclic) bond motifs is 3. The van der Waals surface area contributed by atoms with Crippen molar-refractivity contribution in [3.63, 3.8) is 0 Å². The average Bonchev–Trinajstić information content (AvgIpc) is 3.00. The third-order valence-electron chi connectivity index (χ3n) is 5.17. The Morgan fingerprint density at radius 1 is 1.33 bits per heavy atom. The molecule has 128 valence electrons. The lowest BCUT2D eigenvalue weighted by molar-refractivity contribution is -0.0797. The number of hydrogen-bond acceptors (Lipinski definition) is 4. The maximum atomic E-state index is 12.7. The Bertz CT molecular complexity index is 715. The molecule has 4 rings (SSSR count).